The average Bonchev–Trinajstić information content (AvgIpc) is 2.77. The maximum absolute atomic E-state index is 13.1. The first-order valence-electron chi connectivity index (χ1n) is 9.78. The van der Waals surface area contributed by atoms with Crippen LogP contribution in [-0.2, 0) is 4.79 Å². The van der Waals surface area contributed by atoms with Gasteiger partial charge in [-0.2, -0.15) is 0 Å². The van der Waals surface area contributed by atoms with E-state index in [1.165, 1.54) is 0 Å². The van der Waals surface area contributed by atoms with Crippen LogP contribution < -0.4 is 24.3 Å². The second-order valence-corrected chi connectivity index (χ2v) is 7.10. The van der Waals surface area contributed by atoms with Crippen molar-refractivity contribution < 1.29 is 23.7 Å². The van der Waals surface area contributed by atoms with E-state index in [4.69, 9.17) is 18.9 Å². The van der Waals surface area contributed by atoms with Gasteiger partial charge in [0.25, 0.3) is 0 Å². The van der Waals surface area contributed by atoms with Gasteiger partial charge in [0.1, 0.15) is 28.8 Å². The molecular formula is C23H29NO5. The van der Waals surface area contributed by atoms with E-state index >= 15 is 0 Å². The Morgan fingerprint density at radius 1 is 0.862 bits per heavy atom. The summed E-state index contributed by atoms with van der Waals surface area (Å²) in [5.74, 6) is 2.98. The minimum absolute atomic E-state index is 0.149. The van der Waals surface area contributed by atoms with Gasteiger partial charge in [-0.3, -0.25) is 4.79 Å². The number of nitrogens with one attached hydrogen (secondary N) is 1. The molecule has 6 heteroatoms. The number of Topliss-reactive ketones (excluding diaryl/α,β-unsaturated/α-hetero) is 1. The molecule has 3 atom stereocenters. The largest absolute Gasteiger partial charge is 0.497 e. The van der Waals surface area contributed by atoms with E-state index in [0.29, 0.717) is 6.42 Å². The highest BCUT2D eigenvalue weighted by Gasteiger charge is 2.39. The molecule has 0 aliphatic carbocycles. The van der Waals surface area contributed by atoms with Crippen molar-refractivity contribution in [3.05, 3.63) is 47.5 Å². The third-order valence-electron chi connectivity index (χ3n) is 5.63. The molecule has 0 aromatic heterocycles. The van der Waals surface area contributed by atoms with Crippen LogP contribution in [-0.4, -0.2) is 34.2 Å². The highest BCUT2D eigenvalue weighted by molar-refractivity contribution is 5.84. The molecule has 2 aromatic carbocycles. The van der Waals surface area contributed by atoms with Gasteiger partial charge in [0.05, 0.1) is 28.4 Å². The predicted molar refractivity (Wildman–Crippen MR) is 111 cm³/mol. The third kappa shape index (κ3) is 4.17. The van der Waals surface area contributed by atoms with Crippen LogP contribution in [0.4, 0.5) is 0 Å². The van der Waals surface area contributed by atoms with Crippen LogP contribution in [0.2, 0.25) is 0 Å². The Morgan fingerprint density at radius 3 is 1.93 bits per heavy atom. The highest BCUT2D eigenvalue weighted by atomic mass is 16.5. The summed E-state index contributed by atoms with van der Waals surface area (Å²) in [4.78, 5) is 13.1. The van der Waals surface area contributed by atoms with Crippen LogP contribution in [0.1, 0.15) is 43.0 Å². The summed E-state index contributed by atoms with van der Waals surface area (Å²) in [7, 11) is 6.53. The second kappa shape index (κ2) is 9.18. The Morgan fingerprint density at radius 2 is 1.41 bits per heavy atom. The summed E-state index contributed by atoms with van der Waals surface area (Å²) < 4.78 is 22.0. The number of ketones is 1. The van der Waals surface area contributed by atoms with Crippen LogP contribution >= 0.6 is 0 Å². The molecule has 0 radical (unpaired) electrons. The Kier molecular flexibility index (Phi) is 6.64. The molecule has 1 saturated heterocycles. The fourth-order valence-electron chi connectivity index (χ4n) is 4.09. The lowest BCUT2D eigenvalue weighted by Gasteiger charge is -2.37. The van der Waals surface area contributed by atoms with E-state index in [9.17, 15) is 4.79 Å². The molecule has 0 spiro atoms. The normalized spacial score (nSPS) is 21.6. The molecule has 1 N–H and O–H groups in total. The Balaban J connectivity index is 2.05. The maximum Gasteiger partial charge on any atom is 0.139 e. The summed E-state index contributed by atoms with van der Waals surface area (Å²) in [6, 6.07) is 10.9. The highest BCUT2D eigenvalue weighted by Crippen LogP contribution is 2.43. The third-order valence-corrected chi connectivity index (χ3v) is 5.63. The summed E-state index contributed by atoms with van der Waals surface area (Å²) in [5.41, 5.74) is 1.82. The van der Waals surface area contributed by atoms with E-state index in [-0.39, 0.29) is 23.8 Å². The molecule has 1 fully saturated rings. The molecule has 0 unspecified atom stereocenters. The maximum atomic E-state index is 13.1. The van der Waals surface area contributed by atoms with Gasteiger partial charge in [-0.25, -0.2) is 0 Å². The summed E-state index contributed by atoms with van der Waals surface area (Å²) in [6.07, 6.45) is 1.13. The monoisotopic (exact) mass is 399 g/mol. The van der Waals surface area contributed by atoms with Gasteiger partial charge in [0.15, 0.2) is 0 Å². The SMILES string of the molecule is CC[C@@H]1C(=O)C[C@@H](c2cc(OC)ccc2OC)N[C@H]1c1cc(OC)ccc1OC. The molecule has 156 valence electrons. The smallest absolute Gasteiger partial charge is 0.139 e. The lowest BCUT2D eigenvalue weighted by molar-refractivity contribution is -0.126. The number of carbonyl (C=O) groups is 1. The topological polar surface area (TPSA) is 66.0 Å². The van der Waals surface area contributed by atoms with Crippen molar-refractivity contribution in [2.75, 3.05) is 28.4 Å². The second-order valence-electron chi connectivity index (χ2n) is 7.10. The first-order chi connectivity index (χ1) is 14.1. The van der Waals surface area contributed by atoms with Crippen molar-refractivity contribution in [2.45, 2.75) is 31.8 Å². The van der Waals surface area contributed by atoms with Gasteiger partial charge < -0.3 is 24.3 Å². The average molecular weight is 399 g/mol. The number of ether oxygens (including phenoxy) is 4. The molecule has 6 nitrogen and oxygen atoms in total. The Hall–Kier alpha value is -2.73. The summed E-state index contributed by atoms with van der Waals surface area (Å²) >= 11 is 0. The zero-order valence-electron chi connectivity index (χ0n) is 17.7. The van der Waals surface area contributed by atoms with Gasteiger partial charge in [0.2, 0.25) is 0 Å². The summed E-state index contributed by atoms with van der Waals surface area (Å²) in [5, 5.41) is 3.68. The van der Waals surface area contributed by atoms with Crippen LogP contribution in [0.3, 0.4) is 0 Å². The van der Waals surface area contributed by atoms with E-state index in [2.05, 4.69) is 5.32 Å². The van der Waals surface area contributed by atoms with E-state index in [1.54, 1.807) is 28.4 Å². The van der Waals surface area contributed by atoms with Crippen LogP contribution in [0, 0.1) is 5.92 Å². The van der Waals surface area contributed by atoms with Crippen molar-refractivity contribution in [1.29, 1.82) is 0 Å². The number of rotatable bonds is 7. The van der Waals surface area contributed by atoms with Crippen LogP contribution in [0.5, 0.6) is 23.0 Å². The molecule has 1 aliphatic rings. The van der Waals surface area contributed by atoms with Gasteiger partial charge in [0, 0.05) is 35.5 Å². The van der Waals surface area contributed by atoms with Crippen LogP contribution in [0.25, 0.3) is 0 Å². The minimum atomic E-state index is -0.202. The number of hydrogen-bond donors (Lipinski definition) is 1. The standard InChI is InChI=1S/C23H29NO5/c1-6-16-20(25)13-19(17-11-14(26-2)7-9-21(17)28-4)24-23(16)18-12-15(27-3)8-10-22(18)29-5/h7-12,16,19,23-24H,6,13H2,1-5H3/t16-,19+,23-/m1/s1. The zero-order chi connectivity index (χ0) is 21.0. The number of methoxy groups -OCH3 is 4. The van der Waals surface area contributed by atoms with Crippen molar-refractivity contribution in [2.24, 2.45) is 5.92 Å². The Bertz CT molecular complexity index is 866. The van der Waals surface area contributed by atoms with Crippen molar-refractivity contribution >= 4 is 5.78 Å². The lowest BCUT2D eigenvalue weighted by Crippen LogP contribution is -2.42. The number of carbonyl (C=O) groups excluding carboxylic acids is 1. The molecule has 29 heavy (non-hydrogen) atoms. The first-order valence-corrected chi connectivity index (χ1v) is 9.78. The molecule has 1 aliphatic heterocycles. The minimum Gasteiger partial charge on any atom is -0.497 e. The lowest BCUT2D eigenvalue weighted by atomic mass is 9.79. The summed E-state index contributed by atoms with van der Waals surface area (Å²) in [6.45, 7) is 2.04. The molecule has 0 amide bonds. The van der Waals surface area contributed by atoms with Crippen LogP contribution in [0.15, 0.2) is 36.4 Å². The van der Waals surface area contributed by atoms with Crippen molar-refractivity contribution in [3.8, 4) is 23.0 Å². The van der Waals surface area contributed by atoms with Gasteiger partial charge in [-0.1, -0.05) is 6.92 Å². The first kappa shape index (κ1) is 21.0. The van der Waals surface area contributed by atoms with E-state index in [1.807, 2.05) is 43.3 Å². The number of hydrogen-bond acceptors (Lipinski definition) is 6. The number of benzene rings is 2. The van der Waals surface area contributed by atoms with Gasteiger partial charge in [-0.05, 0) is 42.8 Å². The predicted octanol–water partition coefficient (Wildman–Crippen LogP) is 4.09. The molecule has 0 bridgehead atoms. The fraction of sp³-hybridized carbons (Fsp3) is 0.435. The molecule has 3 rings (SSSR count). The fourth-order valence-corrected chi connectivity index (χ4v) is 4.09. The van der Waals surface area contributed by atoms with E-state index < -0.39 is 0 Å². The molecular weight excluding hydrogens is 370 g/mol. The molecule has 2 aromatic rings. The van der Waals surface area contributed by atoms with E-state index in [0.717, 1.165) is 40.5 Å². The van der Waals surface area contributed by atoms with Gasteiger partial charge in [-0.15, -0.1) is 0 Å². The zero-order valence-corrected chi connectivity index (χ0v) is 17.7. The van der Waals surface area contributed by atoms with Crippen molar-refractivity contribution in [1.82, 2.24) is 5.32 Å². The Labute approximate surface area is 172 Å². The molecule has 1 heterocycles. The quantitative estimate of drug-likeness (QED) is 0.756. The number of piperidine rings is 1. The molecule has 0 saturated carbocycles. The van der Waals surface area contributed by atoms with Gasteiger partial charge >= 0.3 is 0 Å². The van der Waals surface area contributed by atoms with Crippen molar-refractivity contribution in [3.63, 3.8) is 0 Å².